The van der Waals surface area contributed by atoms with E-state index in [1.165, 1.54) is 0 Å². The van der Waals surface area contributed by atoms with Crippen molar-refractivity contribution >= 4 is 11.9 Å². The molecule has 1 rings (SSSR count). The number of carbonyl (C=O) groups excluding carboxylic acids is 1. The molecule has 0 unspecified atom stereocenters. The van der Waals surface area contributed by atoms with Gasteiger partial charge in [-0.25, -0.2) is 0 Å². The van der Waals surface area contributed by atoms with Gasteiger partial charge >= 0.3 is 5.97 Å². The number of amides is 1. The summed E-state index contributed by atoms with van der Waals surface area (Å²) in [6, 6.07) is 7.50. The molecule has 5 nitrogen and oxygen atoms in total. The van der Waals surface area contributed by atoms with Gasteiger partial charge in [0, 0.05) is 19.4 Å². The lowest BCUT2D eigenvalue weighted by Crippen LogP contribution is -2.22. The Morgan fingerprint density at radius 2 is 1.89 bits per heavy atom. The average Bonchev–Trinajstić information content (AvgIpc) is 2.38. The molecule has 0 saturated carbocycles. The Hall–Kier alpha value is -2.04. The fourth-order valence-electron chi connectivity index (χ4n) is 1.56. The van der Waals surface area contributed by atoms with Crippen LogP contribution in [0.4, 0.5) is 0 Å². The van der Waals surface area contributed by atoms with Crippen LogP contribution in [0.1, 0.15) is 31.7 Å². The molecule has 0 aliphatic rings. The molecule has 0 spiro atoms. The molecule has 1 aromatic carbocycles. The first-order valence-corrected chi connectivity index (χ1v) is 6.32. The van der Waals surface area contributed by atoms with Gasteiger partial charge in [0.1, 0.15) is 5.75 Å². The Morgan fingerprint density at radius 1 is 1.21 bits per heavy atom. The summed E-state index contributed by atoms with van der Waals surface area (Å²) in [5, 5.41) is 11.2. The van der Waals surface area contributed by atoms with Gasteiger partial charge in [-0.05, 0) is 31.0 Å². The van der Waals surface area contributed by atoms with Crippen LogP contribution in [0, 0.1) is 0 Å². The summed E-state index contributed by atoms with van der Waals surface area (Å²) >= 11 is 0. The quantitative estimate of drug-likeness (QED) is 0.753. The molecule has 104 valence electrons. The van der Waals surface area contributed by atoms with Gasteiger partial charge in [-0.2, -0.15) is 0 Å². The Bertz CT molecular complexity index is 414. The van der Waals surface area contributed by atoms with Crippen LogP contribution in [0.25, 0.3) is 0 Å². The van der Waals surface area contributed by atoms with Crippen LogP contribution in [0.15, 0.2) is 24.3 Å². The number of ether oxygens (including phenoxy) is 1. The molecule has 5 heteroatoms. The van der Waals surface area contributed by atoms with Crippen LogP contribution >= 0.6 is 0 Å². The summed E-state index contributed by atoms with van der Waals surface area (Å²) in [6.07, 6.45) is 0.629. The number of hydrogen-bond acceptors (Lipinski definition) is 3. The van der Waals surface area contributed by atoms with E-state index in [1.807, 2.05) is 31.2 Å². The van der Waals surface area contributed by atoms with Gasteiger partial charge in [-0.1, -0.05) is 12.1 Å². The molecule has 0 atom stereocenters. The highest BCUT2D eigenvalue weighted by molar-refractivity contribution is 5.76. The molecule has 0 aliphatic carbocycles. The molecule has 0 saturated heterocycles. The van der Waals surface area contributed by atoms with E-state index in [0.717, 1.165) is 11.3 Å². The van der Waals surface area contributed by atoms with Crippen molar-refractivity contribution < 1.29 is 19.4 Å². The Labute approximate surface area is 112 Å². The van der Waals surface area contributed by atoms with Gasteiger partial charge in [0.2, 0.25) is 5.91 Å². The van der Waals surface area contributed by atoms with Gasteiger partial charge in [-0.15, -0.1) is 0 Å². The number of aliphatic carboxylic acids is 1. The third-order valence-electron chi connectivity index (χ3n) is 2.52. The van der Waals surface area contributed by atoms with E-state index in [0.29, 0.717) is 19.6 Å². The minimum Gasteiger partial charge on any atom is -0.494 e. The second-order valence-electron chi connectivity index (χ2n) is 4.10. The maximum Gasteiger partial charge on any atom is 0.303 e. The smallest absolute Gasteiger partial charge is 0.303 e. The standard InChI is InChI=1S/C14H19NO4/c1-2-19-12-8-6-11(7-9-12)10-15-13(16)4-3-5-14(17)18/h6-9H,2-5,10H2,1H3,(H,15,16)(H,17,18). The molecule has 1 amide bonds. The van der Waals surface area contributed by atoms with Crippen molar-refractivity contribution in [2.24, 2.45) is 0 Å². The monoisotopic (exact) mass is 265 g/mol. The summed E-state index contributed by atoms with van der Waals surface area (Å²) in [5.41, 5.74) is 0.982. The van der Waals surface area contributed by atoms with Crippen molar-refractivity contribution in [3.8, 4) is 5.75 Å². The first kappa shape index (κ1) is 15.0. The van der Waals surface area contributed by atoms with Gasteiger partial charge in [0.05, 0.1) is 6.61 Å². The second-order valence-corrected chi connectivity index (χ2v) is 4.10. The van der Waals surface area contributed by atoms with Crippen molar-refractivity contribution in [1.82, 2.24) is 5.32 Å². The second kappa shape index (κ2) is 8.13. The fourth-order valence-corrected chi connectivity index (χ4v) is 1.56. The summed E-state index contributed by atoms with van der Waals surface area (Å²) in [7, 11) is 0. The Balaban J connectivity index is 2.27. The van der Waals surface area contributed by atoms with E-state index < -0.39 is 5.97 Å². The number of carboxylic acids is 1. The van der Waals surface area contributed by atoms with Crippen LogP contribution in [-0.2, 0) is 16.1 Å². The number of carboxylic acid groups (broad SMARTS) is 1. The summed E-state index contributed by atoms with van der Waals surface area (Å²) in [5.74, 6) is -0.200. The molecule has 0 bridgehead atoms. The number of hydrogen-bond donors (Lipinski definition) is 2. The molecule has 2 N–H and O–H groups in total. The average molecular weight is 265 g/mol. The van der Waals surface area contributed by atoms with Crippen LogP contribution < -0.4 is 10.1 Å². The van der Waals surface area contributed by atoms with E-state index in [-0.39, 0.29) is 18.7 Å². The lowest BCUT2D eigenvalue weighted by Gasteiger charge is -2.06. The predicted molar refractivity (Wildman–Crippen MR) is 70.9 cm³/mol. The van der Waals surface area contributed by atoms with Crippen LogP contribution in [0.5, 0.6) is 5.75 Å². The van der Waals surface area contributed by atoms with Crippen molar-refractivity contribution in [2.45, 2.75) is 32.7 Å². The number of benzene rings is 1. The van der Waals surface area contributed by atoms with E-state index in [1.54, 1.807) is 0 Å². The van der Waals surface area contributed by atoms with Gasteiger partial charge in [0.25, 0.3) is 0 Å². The highest BCUT2D eigenvalue weighted by Gasteiger charge is 2.03. The van der Waals surface area contributed by atoms with Gasteiger partial charge in [0.15, 0.2) is 0 Å². The normalized spacial score (nSPS) is 9.95. The molecular weight excluding hydrogens is 246 g/mol. The summed E-state index contributed by atoms with van der Waals surface area (Å²) in [6.45, 7) is 2.99. The van der Waals surface area contributed by atoms with Crippen molar-refractivity contribution in [3.63, 3.8) is 0 Å². The molecule has 0 heterocycles. The zero-order chi connectivity index (χ0) is 14.1. The fraction of sp³-hybridized carbons (Fsp3) is 0.429. The molecule has 0 fully saturated rings. The van der Waals surface area contributed by atoms with Gasteiger partial charge < -0.3 is 15.2 Å². The maximum absolute atomic E-state index is 11.4. The Morgan fingerprint density at radius 3 is 2.47 bits per heavy atom. The van der Waals surface area contributed by atoms with Crippen molar-refractivity contribution in [1.29, 1.82) is 0 Å². The maximum atomic E-state index is 11.4. The molecule has 19 heavy (non-hydrogen) atoms. The zero-order valence-corrected chi connectivity index (χ0v) is 11.0. The number of carbonyl (C=O) groups is 2. The van der Waals surface area contributed by atoms with Crippen molar-refractivity contribution in [2.75, 3.05) is 6.61 Å². The van der Waals surface area contributed by atoms with E-state index >= 15 is 0 Å². The molecule has 0 aromatic heterocycles. The summed E-state index contributed by atoms with van der Waals surface area (Å²) in [4.78, 5) is 21.7. The van der Waals surface area contributed by atoms with Crippen LogP contribution in [0.3, 0.4) is 0 Å². The van der Waals surface area contributed by atoms with E-state index in [4.69, 9.17) is 9.84 Å². The van der Waals surface area contributed by atoms with Crippen molar-refractivity contribution in [3.05, 3.63) is 29.8 Å². The molecule has 0 radical (unpaired) electrons. The highest BCUT2D eigenvalue weighted by atomic mass is 16.5. The van der Waals surface area contributed by atoms with Crippen LogP contribution in [0.2, 0.25) is 0 Å². The molecular formula is C14H19NO4. The Kier molecular flexibility index (Phi) is 6.43. The summed E-state index contributed by atoms with van der Waals surface area (Å²) < 4.78 is 5.32. The van der Waals surface area contributed by atoms with E-state index in [9.17, 15) is 9.59 Å². The third kappa shape index (κ3) is 6.45. The SMILES string of the molecule is CCOc1ccc(CNC(=O)CCCC(=O)O)cc1. The van der Waals surface area contributed by atoms with Gasteiger partial charge in [-0.3, -0.25) is 9.59 Å². The highest BCUT2D eigenvalue weighted by Crippen LogP contribution is 2.11. The lowest BCUT2D eigenvalue weighted by molar-refractivity contribution is -0.137. The minimum absolute atomic E-state index is 0.0243. The molecule has 1 aromatic rings. The topological polar surface area (TPSA) is 75.6 Å². The lowest BCUT2D eigenvalue weighted by atomic mass is 10.2. The largest absolute Gasteiger partial charge is 0.494 e. The first-order valence-electron chi connectivity index (χ1n) is 6.32. The molecule has 0 aliphatic heterocycles. The van der Waals surface area contributed by atoms with E-state index in [2.05, 4.69) is 5.32 Å². The first-order chi connectivity index (χ1) is 9.11. The predicted octanol–water partition coefficient (Wildman–Crippen LogP) is 1.96. The minimum atomic E-state index is -0.876. The van der Waals surface area contributed by atoms with Crippen LogP contribution in [-0.4, -0.2) is 23.6 Å². The zero-order valence-electron chi connectivity index (χ0n) is 11.0. The number of rotatable bonds is 8. The third-order valence-corrected chi connectivity index (χ3v) is 2.52. The number of nitrogens with one attached hydrogen (secondary N) is 1.